The van der Waals surface area contributed by atoms with Gasteiger partial charge >= 0.3 is 4.87 Å². The molecule has 0 atom stereocenters. The number of pyridine rings is 1. The maximum atomic E-state index is 12.6. The maximum absolute atomic E-state index is 12.6. The Bertz CT molecular complexity index is 1260. The molecule has 0 aliphatic carbocycles. The van der Waals surface area contributed by atoms with Gasteiger partial charge in [-0.1, -0.05) is 29.5 Å². The van der Waals surface area contributed by atoms with Crippen molar-refractivity contribution < 1.29 is 9.53 Å². The van der Waals surface area contributed by atoms with E-state index in [2.05, 4.69) is 15.2 Å². The standard InChI is InChI=1S/C23H22N4O3S/c1-15-13-17(19-5-3-4-6-20(19)24-15)14-30-18-9-7-16(8-10-18)22(28)27(2)12-11-21-25-26-23(29)31-21/h3-10,13H,11-12,14H2,1-2H3,(H,26,29). The quantitative estimate of drug-likeness (QED) is 0.480. The average molecular weight is 435 g/mol. The molecule has 0 unspecified atom stereocenters. The molecule has 2 aromatic carbocycles. The van der Waals surface area contributed by atoms with E-state index in [1.54, 1.807) is 36.2 Å². The van der Waals surface area contributed by atoms with Crippen LogP contribution in [0, 0.1) is 6.92 Å². The van der Waals surface area contributed by atoms with Crippen LogP contribution in [0.4, 0.5) is 0 Å². The highest BCUT2D eigenvalue weighted by Gasteiger charge is 2.13. The number of nitrogens with one attached hydrogen (secondary N) is 1. The zero-order chi connectivity index (χ0) is 21.8. The topological polar surface area (TPSA) is 88.2 Å². The number of aromatic nitrogens is 3. The molecule has 158 valence electrons. The third-order valence-corrected chi connectivity index (χ3v) is 5.72. The molecule has 8 heteroatoms. The van der Waals surface area contributed by atoms with Crippen LogP contribution in [0.5, 0.6) is 5.75 Å². The molecular formula is C23H22N4O3S. The van der Waals surface area contributed by atoms with Gasteiger partial charge in [-0.15, -0.1) is 0 Å². The van der Waals surface area contributed by atoms with Crippen LogP contribution >= 0.6 is 11.3 Å². The van der Waals surface area contributed by atoms with Gasteiger partial charge in [-0.25, -0.2) is 5.10 Å². The van der Waals surface area contributed by atoms with Gasteiger partial charge in [-0.3, -0.25) is 14.6 Å². The highest BCUT2D eigenvalue weighted by atomic mass is 32.1. The fourth-order valence-electron chi connectivity index (χ4n) is 3.32. The lowest BCUT2D eigenvalue weighted by molar-refractivity contribution is 0.0796. The fraction of sp³-hybridized carbons (Fsp3) is 0.217. The minimum absolute atomic E-state index is 0.0924. The summed E-state index contributed by atoms with van der Waals surface area (Å²) in [5.74, 6) is 0.601. The van der Waals surface area contributed by atoms with Gasteiger partial charge in [0.2, 0.25) is 0 Å². The molecule has 2 aromatic heterocycles. The normalized spacial score (nSPS) is 10.9. The number of carbonyl (C=O) groups excluding carboxylic acids is 1. The third kappa shape index (κ3) is 4.97. The Hall–Kier alpha value is -3.52. The number of aromatic amines is 1. The first-order valence-electron chi connectivity index (χ1n) is 9.87. The van der Waals surface area contributed by atoms with E-state index in [-0.39, 0.29) is 10.8 Å². The number of benzene rings is 2. The first-order valence-corrected chi connectivity index (χ1v) is 10.7. The lowest BCUT2D eigenvalue weighted by Gasteiger charge is -2.16. The fourth-order valence-corrected chi connectivity index (χ4v) is 3.91. The lowest BCUT2D eigenvalue weighted by Crippen LogP contribution is -2.28. The van der Waals surface area contributed by atoms with Crippen LogP contribution in [0.15, 0.2) is 59.4 Å². The average Bonchev–Trinajstić information content (AvgIpc) is 3.20. The molecule has 0 saturated heterocycles. The second kappa shape index (κ2) is 9.09. The minimum Gasteiger partial charge on any atom is -0.489 e. The van der Waals surface area contributed by atoms with E-state index in [0.717, 1.165) is 33.5 Å². The Labute approximate surface area is 183 Å². The van der Waals surface area contributed by atoms with Crippen molar-refractivity contribution >= 4 is 28.1 Å². The molecule has 1 N–H and O–H groups in total. The van der Waals surface area contributed by atoms with Crippen molar-refractivity contribution in [2.24, 2.45) is 0 Å². The van der Waals surface area contributed by atoms with Gasteiger partial charge in [0.25, 0.3) is 5.91 Å². The van der Waals surface area contributed by atoms with Crippen LogP contribution in [0.1, 0.15) is 26.6 Å². The van der Waals surface area contributed by atoms with E-state index in [1.165, 1.54) is 0 Å². The molecule has 2 heterocycles. The minimum atomic E-state index is -0.186. The molecule has 0 saturated carbocycles. The number of fused-ring (bicyclic) bond motifs is 1. The second-order valence-corrected chi connectivity index (χ2v) is 8.28. The monoisotopic (exact) mass is 434 g/mol. The first kappa shape index (κ1) is 20.7. The summed E-state index contributed by atoms with van der Waals surface area (Å²) in [7, 11) is 1.74. The van der Waals surface area contributed by atoms with E-state index in [9.17, 15) is 9.59 Å². The molecule has 0 fully saturated rings. The summed E-state index contributed by atoms with van der Waals surface area (Å²) in [5, 5.41) is 8.07. The summed E-state index contributed by atoms with van der Waals surface area (Å²) in [4.78, 5) is 29.8. The van der Waals surface area contributed by atoms with E-state index < -0.39 is 0 Å². The number of carbonyl (C=O) groups is 1. The first-order chi connectivity index (χ1) is 15.0. The Kier molecular flexibility index (Phi) is 6.08. The third-order valence-electron chi connectivity index (χ3n) is 4.92. The van der Waals surface area contributed by atoms with Crippen molar-refractivity contribution in [3.05, 3.63) is 86.1 Å². The van der Waals surface area contributed by atoms with Crippen molar-refractivity contribution in [2.75, 3.05) is 13.6 Å². The molecule has 4 aromatic rings. The molecule has 7 nitrogen and oxygen atoms in total. The summed E-state index contributed by atoms with van der Waals surface area (Å²) < 4.78 is 5.97. The van der Waals surface area contributed by atoms with Crippen molar-refractivity contribution in [3.63, 3.8) is 0 Å². The summed E-state index contributed by atoms with van der Waals surface area (Å²) in [5.41, 5.74) is 3.55. The van der Waals surface area contributed by atoms with E-state index in [1.807, 2.05) is 37.3 Å². The number of ether oxygens (including phenoxy) is 1. The van der Waals surface area contributed by atoms with Gasteiger partial charge in [0.1, 0.15) is 17.4 Å². The number of amides is 1. The highest BCUT2D eigenvalue weighted by Crippen LogP contribution is 2.21. The van der Waals surface area contributed by atoms with Crippen LogP contribution in [0.2, 0.25) is 0 Å². The van der Waals surface area contributed by atoms with Gasteiger partial charge in [0.15, 0.2) is 0 Å². The summed E-state index contributed by atoms with van der Waals surface area (Å²) in [6.07, 6.45) is 0.534. The Morgan fingerprint density at radius 3 is 2.68 bits per heavy atom. The zero-order valence-electron chi connectivity index (χ0n) is 17.3. The van der Waals surface area contributed by atoms with Crippen LogP contribution < -0.4 is 9.61 Å². The molecular weight excluding hydrogens is 412 g/mol. The molecule has 0 aliphatic heterocycles. The predicted molar refractivity (Wildman–Crippen MR) is 121 cm³/mol. The second-order valence-electron chi connectivity index (χ2n) is 7.24. The van der Waals surface area contributed by atoms with Crippen LogP contribution in [0.3, 0.4) is 0 Å². The molecule has 0 radical (unpaired) electrons. The van der Waals surface area contributed by atoms with Crippen molar-refractivity contribution in [1.82, 2.24) is 20.1 Å². The van der Waals surface area contributed by atoms with Gasteiger partial charge in [0.05, 0.1) is 5.52 Å². The Morgan fingerprint density at radius 2 is 1.94 bits per heavy atom. The Balaban J connectivity index is 1.38. The van der Waals surface area contributed by atoms with E-state index in [0.29, 0.717) is 35.9 Å². The van der Waals surface area contributed by atoms with Crippen molar-refractivity contribution in [2.45, 2.75) is 20.0 Å². The summed E-state index contributed by atoms with van der Waals surface area (Å²) >= 11 is 1.06. The van der Waals surface area contributed by atoms with E-state index >= 15 is 0 Å². The number of nitrogens with zero attached hydrogens (tertiary/aromatic N) is 3. The van der Waals surface area contributed by atoms with Gasteiger partial charge < -0.3 is 9.64 Å². The number of hydrogen-bond donors (Lipinski definition) is 1. The largest absolute Gasteiger partial charge is 0.489 e. The number of likely N-dealkylation sites (N-methyl/N-ethyl adjacent to an activating group) is 1. The van der Waals surface area contributed by atoms with Crippen molar-refractivity contribution in [3.8, 4) is 5.75 Å². The number of aryl methyl sites for hydroxylation is 1. The number of para-hydroxylation sites is 1. The molecule has 4 rings (SSSR count). The predicted octanol–water partition coefficient (Wildman–Crippen LogP) is 3.58. The lowest BCUT2D eigenvalue weighted by atomic mass is 10.1. The maximum Gasteiger partial charge on any atom is 0.322 e. The van der Waals surface area contributed by atoms with Gasteiger partial charge in [-0.05, 0) is 43.3 Å². The number of rotatable bonds is 7. The Morgan fingerprint density at radius 1 is 1.16 bits per heavy atom. The van der Waals surface area contributed by atoms with E-state index in [4.69, 9.17) is 4.74 Å². The van der Waals surface area contributed by atoms with Gasteiger partial charge in [0, 0.05) is 42.2 Å². The number of H-pyrrole nitrogens is 1. The zero-order valence-corrected chi connectivity index (χ0v) is 18.1. The number of hydrogen-bond acceptors (Lipinski definition) is 6. The SMILES string of the molecule is Cc1cc(COc2ccc(C(=O)N(C)CCc3n[nH]c(=O)s3)cc2)c2ccccc2n1. The van der Waals surface area contributed by atoms with Crippen molar-refractivity contribution in [1.29, 1.82) is 0 Å². The summed E-state index contributed by atoms with van der Waals surface area (Å²) in [6.45, 7) is 2.87. The van der Waals surface area contributed by atoms with Crippen LogP contribution in [-0.4, -0.2) is 39.6 Å². The molecule has 1 amide bonds. The summed E-state index contributed by atoms with van der Waals surface area (Å²) in [6, 6.07) is 17.2. The molecule has 0 aliphatic rings. The molecule has 0 bridgehead atoms. The van der Waals surface area contributed by atoms with Gasteiger partial charge in [-0.2, -0.15) is 5.10 Å². The molecule has 31 heavy (non-hydrogen) atoms. The highest BCUT2D eigenvalue weighted by molar-refractivity contribution is 7.08. The van der Waals surface area contributed by atoms with Crippen LogP contribution in [0.25, 0.3) is 10.9 Å². The smallest absolute Gasteiger partial charge is 0.322 e. The van der Waals surface area contributed by atoms with Crippen LogP contribution in [-0.2, 0) is 13.0 Å². The molecule has 0 spiro atoms.